The zero-order chi connectivity index (χ0) is 43.6. The summed E-state index contributed by atoms with van der Waals surface area (Å²) in [5.41, 5.74) is 0.401. The van der Waals surface area contributed by atoms with Crippen LogP contribution in [0.1, 0.15) is 38.8 Å². The summed E-state index contributed by atoms with van der Waals surface area (Å²) in [4.78, 5) is 77.2. The minimum Gasteiger partial charge on any atom is -0.467 e. The second-order valence-corrected chi connectivity index (χ2v) is 14.8. The van der Waals surface area contributed by atoms with Crippen LogP contribution in [0.2, 0.25) is 5.02 Å². The Bertz CT molecular complexity index is 2150. The summed E-state index contributed by atoms with van der Waals surface area (Å²) in [5, 5.41) is 5.48. The van der Waals surface area contributed by atoms with Gasteiger partial charge in [0.25, 0.3) is 5.91 Å². The van der Waals surface area contributed by atoms with Crippen molar-refractivity contribution in [1.82, 2.24) is 14.8 Å². The van der Waals surface area contributed by atoms with Crippen LogP contribution in [0.3, 0.4) is 0 Å². The highest BCUT2D eigenvalue weighted by molar-refractivity contribution is 6.31. The molecule has 1 saturated heterocycles. The van der Waals surface area contributed by atoms with Gasteiger partial charge in [-0.25, -0.2) is 24.1 Å². The SMILES string of the molecule is C#CCN1CC(=O)N(COC(=O)[C@@H]2C(C=C(C)C)C2(C)C)C1=O.COC(=O)N(C(=O)N1CO[C@@]2(C(=O)OC)Cc3cc(Cl)ccc3C2=N1)c1ccc(OC(F)(F)F)cc1. The highest BCUT2D eigenvalue weighted by Crippen LogP contribution is 2.59. The van der Waals surface area contributed by atoms with Crippen LogP contribution in [0.5, 0.6) is 5.75 Å². The van der Waals surface area contributed by atoms with E-state index in [2.05, 4.69) is 26.6 Å². The molecule has 1 unspecified atom stereocenters. The lowest BCUT2D eigenvalue weighted by molar-refractivity contribution is -0.274. The van der Waals surface area contributed by atoms with Crippen LogP contribution in [0.4, 0.5) is 33.2 Å². The smallest absolute Gasteiger partial charge is 0.467 e. The van der Waals surface area contributed by atoms with Gasteiger partial charge in [0.15, 0.2) is 6.73 Å². The fraction of sp³-hybridized carbons (Fsp3) is 0.410. The first-order chi connectivity index (χ1) is 27.7. The number of ether oxygens (including phenoxy) is 5. The van der Waals surface area contributed by atoms with Crippen molar-refractivity contribution < 1.29 is 65.6 Å². The molecule has 2 aromatic rings. The van der Waals surface area contributed by atoms with Gasteiger partial charge in [-0.3, -0.25) is 9.59 Å². The Morgan fingerprint density at radius 1 is 1.08 bits per heavy atom. The molecule has 6 rings (SSSR count). The highest BCUT2D eigenvalue weighted by Gasteiger charge is 2.61. The van der Waals surface area contributed by atoms with Crippen LogP contribution in [0.25, 0.3) is 0 Å². The molecule has 0 spiro atoms. The summed E-state index contributed by atoms with van der Waals surface area (Å²) in [6, 6.07) is 7.19. The number of anilines is 1. The standard InChI is InChI=1S/C22H17ClF3N3O7.C17H22N2O4/c1-33-18(30)21-10-12-9-13(23)3-8-16(12)17(21)27-28(11-35-21)19(31)29(20(32)34-2)14-4-6-15(7-5-14)36-22(24,25)26;1-6-7-18-9-13(20)19(16(18)22)10-23-15(21)14-12(8-11(2)3)17(14,4)5/h3-9H,10-11H2,1-2H3;1,8,12,14H,7,9-10H2,2-5H3/t21-;12?,14-/m00/s1. The number of terminal acetylenes is 1. The lowest BCUT2D eigenvalue weighted by Crippen LogP contribution is -2.56. The third kappa shape index (κ3) is 9.13. The maximum atomic E-state index is 13.3. The number of rotatable bonds is 8. The number of carbonyl (C=O) groups excluding carboxylic acids is 6. The minimum atomic E-state index is -4.92. The van der Waals surface area contributed by atoms with Gasteiger partial charge in [-0.2, -0.15) is 15.0 Å². The molecule has 2 heterocycles. The Balaban J connectivity index is 0.000000248. The largest absolute Gasteiger partial charge is 0.573 e. The number of nitrogens with zero attached hydrogens (tertiary/aromatic N) is 5. The van der Waals surface area contributed by atoms with E-state index in [9.17, 15) is 41.9 Å². The third-order valence-corrected chi connectivity index (χ3v) is 10.1. The first-order valence-corrected chi connectivity index (χ1v) is 18.1. The molecule has 2 aliphatic carbocycles. The van der Waals surface area contributed by atoms with Gasteiger partial charge in [-0.15, -0.1) is 19.6 Å². The topological polar surface area (TPSA) is 174 Å². The zero-order valence-corrected chi connectivity index (χ0v) is 33.4. The van der Waals surface area contributed by atoms with Crippen molar-refractivity contribution in [1.29, 1.82) is 0 Å². The molecule has 4 aliphatic rings. The van der Waals surface area contributed by atoms with Crippen molar-refractivity contribution in [2.24, 2.45) is 22.4 Å². The summed E-state index contributed by atoms with van der Waals surface area (Å²) in [6.45, 7) is 7.06. The molecule has 2 aliphatic heterocycles. The summed E-state index contributed by atoms with van der Waals surface area (Å²) < 4.78 is 61.8. The van der Waals surface area contributed by atoms with E-state index in [1.54, 1.807) is 18.2 Å². The first kappa shape index (κ1) is 44.0. The number of hydrogen-bond donors (Lipinski definition) is 0. The fourth-order valence-corrected chi connectivity index (χ4v) is 7.04. The number of fused-ring (bicyclic) bond motifs is 3. The molecule has 16 nitrogen and oxygen atoms in total. The number of hydrazone groups is 1. The fourth-order valence-electron chi connectivity index (χ4n) is 6.84. The van der Waals surface area contributed by atoms with Crippen molar-refractivity contribution in [3.8, 4) is 18.1 Å². The first-order valence-electron chi connectivity index (χ1n) is 17.7. The predicted molar refractivity (Wildman–Crippen MR) is 201 cm³/mol. The summed E-state index contributed by atoms with van der Waals surface area (Å²) in [7, 11) is 2.19. The average molecular weight is 846 g/mol. The van der Waals surface area contributed by atoms with E-state index in [-0.39, 0.29) is 60.9 Å². The lowest BCUT2D eigenvalue weighted by atomic mass is 9.97. The number of halogens is 4. The minimum absolute atomic E-state index is 0.0534. The van der Waals surface area contributed by atoms with Crippen LogP contribution in [0, 0.1) is 29.6 Å². The number of alkyl halides is 3. The molecule has 0 aromatic heterocycles. The molecule has 1 saturated carbocycles. The molecule has 314 valence electrons. The van der Waals surface area contributed by atoms with Gasteiger partial charge < -0.3 is 28.6 Å². The van der Waals surface area contributed by atoms with E-state index < -0.39 is 54.5 Å². The van der Waals surface area contributed by atoms with Crippen LogP contribution in [-0.2, 0) is 39.8 Å². The van der Waals surface area contributed by atoms with E-state index >= 15 is 0 Å². The second kappa shape index (κ2) is 17.0. The molecule has 6 amide bonds. The van der Waals surface area contributed by atoms with Gasteiger partial charge in [0.2, 0.25) is 5.60 Å². The Labute approximate surface area is 341 Å². The van der Waals surface area contributed by atoms with Crippen LogP contribution in [-0.4, -0.2) is 109 Å². The number of carbonyl (C=O) groups is 6. The third-order valence-electron chi connectivity index (χ3n) is 9.84. The maximum Gasteiger partial charge on any atom is 0.573 e. The number of allylic oxidation sites excluding steroid dienone is 2. The van der Waals surface area contributed by atoms with Crippen molar-refractivity contribution in [2.45, 2.75) is 46.1 Å². The number of hydrogen-bond acceptors (Lipinski definition) is 12. The Morgan fingerprint density at radius 3 is 2.36 bits per heavy atom. The van der Waals surface area contributed by atoms with E-state index in [1.165, 1.54) is 12.0 Å². The van der Waals surface area contributed by atoms with Crippen LogP contribution >= 0.6 is 11.6 Å². The molecule has 2 aromatic carbocycles. The monoisotopic (exact) mass is 845 g/mol. The van der Waals surface area contributed by atoms with E-state index in [0.29, 0.717) is 21.0 Å². The molecule has 2 fully saturated rings. The molecular formula is C39H39ClF3N5O11. The Hall–Kier alpha value is -6.13. The molecule has 0 N–H and O–H groups in total. The molecule has 3 atom stereocenters. The maximum absolute atomic E-state index is 13.3. The van der Waals surface area contributed by atoms with E-state index in [1.807, 2.05) is 27.7 Å². The number of urea groups is 2. The van der Waals surface area contributed by atoms with Gasteiger partial charge >= 0.3 is 36.5 Å². The summed E-state index contributed by atoms with van der Waals surface area (Å²) in [6.07, 6.45) is 1.20. The quantitative estimate of drug-likeness (QED) is 0.105. The molecular weight excluding hydrogens is 807 g/mol. The average Bonchev–Trinajstić information content (AvgIpc) is 3.39. The highest BCUT2D eigenvalue weighted by atomic mass is 35.5. The molecule has 0 radical (unpaired) electrons. The van der Waals surface area contributed by atoms with E-state index in [4.69, 9.17) is 32.2 Å². The van der Waals surface area contributed by atoms with Gasteiger partial charge in [0, 0.05) is 17.0 Å². The number of esters is 2. The molecule has 20 heteroatoms. The second-order valence-electron chi connectivity index (χ2n) is 14.4. The van der Waals surface area contributed by atoms with Crippen molar-refractivity contribution in [3.05, 3.63) is 70.3 Å². The Kier molecular flexibility index (Phi) is 12.7. The number of imide groups is 2. The van der Waals surface area contributed by atoms with E-state index in [0.717, 1.165) is 46.9 Å². The summed E-state index contributed by atoms with van der Waals surface area (Å²) in [5.74, 6) is 0.110. The van der Waals surface area contributed by atoms with Gasteiger partial charge in [0.05, 0.1) is 32.4 Å². The lowest BCUT2D eigenvalue weighted by Gasteiger charge is -2.35. The van der Waals surface area contributed by atoms with Gasteiger partial charge in [0.1, 0.15) is 24.7 Å². The number of amides is 6. The van der Waals surface area contributed by atoms with Crippen molar-refractivity contribution in [3.63, 3.8) is 0 Å². The zero-order valence-electron chi connectivity index (χ0n) is 32.6. The Morgan fingerprint density at radius 2 is 1.76 bits per heavy atom. The van der Waals surface area contributed by atoms with Crippen LogP contribution < -0.4 is 9.64 Å². The summed E-state index contributed by atoms with van der Waals surface area (Å²) >= 11 is 6.07. The van der Waals surface area contributed by atoms with Crippen molar-refractivity contribution in [2.75, 3.05) is 45.7 Å². The molecule has 0 bridgehead atoms. The normalized spacial score (nSPS) is 21.1. The predicted octanol–water partition coefficient (Wildman–Crippen LogP) is 5.72. The molecule has 59 heavy (non-hydrogen) atoms. The van der Waals surface area contributed by atoms with Crippen molar-refractivity contribution >= 4 is 59.0 Å². The number of methoxy groups -OCH3 is 2. The van der Waals surface area contributed by atoms with Gasteiger partial charge in [-0.05, 0) is 67.1 Å². The number of benzene rings is 2. The van der Waals surface area contributed by atoms with Gasteiger partial charge in [-0.1, -0.05) is 49.1 Å². The van der Waals surface area contributed by atoms with Crippen LogP contribution in [0.15, 0.2) is 59.2 Å².